The summed E-state index contributed by atoms with van der Waals surface area (Å²) in [4.78, 5) is 29.1. The normalized spacial score (nSPS) is 14.6. The molecular weight excluding hydrogens is 610 g/mol. The number of nitrogens with zero attached hydrogens (tertiary/aromatic N) is 2. The predicted molar refractivity (Wildman–Crippen MR) is 164 cm³/mol. The second kappa shape index (κ2) is 14.9. The first kappa shape index (κ1) is 34.0. The van der Waals surface area contributed by atoms with Crippen molar-refractivity contribution in [2.75, 3.05) is 17.1 Å². The molecule has 0 saturated heterocycles. The SMILES string of the molecule is CS(=O)(=O)N(CCCC(=O)N(Cc1ccc(F)cc1)[C@H](Cc1ccccc1)C(=O)NC1CCCC1)c1cccc(C(F)(F)F)c1. The average Bonchev–Trinajstić information content (AvgIpc) is 3.50. The zero-order chi connectivity index (χ0) is 32.6. The minimum atomic E-state index is -4.66. The zero-order valence-corrected chi connectivity index (χ0v) is 25.8. The number of sulfonamides is 1. The molecule has 3 aromatic carbocycles. The van der Waals surface area contributed by atoms with Crippen molar-refractivity contribution in [2.45, 2.75) is 69.8 Å². The number of anilines is 1. The van der Waals surface area contributed by atoms with Crippen LogP contribution in [0.15, 0.2) is 78.9 Å². The molecule has 12 heteroatoms. The standard InChI is InChI=1S/C33H37F4N3O4S/c1-45(43,44)40(29-14-7-11-26(22-29)33(35,36)37)20-8-15-31(41)39(23-25-16-18-27(34)19-17-25)30(21-24-9-3-2-4-10-24)32(42)38-28-12-5-6-13-28/h2-4,7,9-11,14,16-19,22,28,30H,5-6,8,12-13,15,20-21,23H2,1H3,(H,38,42)/t30-/m1/s1. The Balaban J connectivity index is 1.59. The Morgan fingerprint density at radius 1 is 0.933 bits per heavy atom. The number of benzene rings is 3. The molecule has 2 amide bonds. The Labute approximate surface area is 261 Å². The molecule has 0 aromatic heterocycles. The maximum Gasteiger partial charge on any atom is 0.416 e. The van der Waals surface area contributed by atoms with E-state index in [1.165, 1.54) is 35.2 Å². The summed E-state index contributed by atoms with van der Waals surface area (Å²) in [7, 11) is -3.99. The van der Waals surface area contributed by atoms with Crippen molar-refractivity contribution in [1.82, 2.24) is 10.2 Å². The Bertz CT molecular complexity index is 1540. The monoisotopic (exact) mass is 647 g/mol. The van der Waals surface area contributed by atoms with Crippen LogP contribution >= 0.6 is 0 Å². The molecule has 0 radical (unpaired) electrons. The van der Waals surface area contributed by atoms with E-state index in [4.69, 9.17) is 0 Å². The average molecular weight is 648 g/mol. The van der Waals surface area contributed by atoms with Crippen LogP contribution in [-0.2, 0) is 38.8 Å². The molecule has 1 fully saturated rings. The smallest absolute Gasteiger partial charge is 0.352 e. The van der Waals surface area contributed by atoms with E-state index < -0.39 is 39.5 Å². The van der Waals surface area contributed by atoms with Crippen molar-refractivity contribution in [1.29, 1.82) is 0 Å². The van der Waals surface area contributed by atoms with Crippen LogP contribution < -0.4 is 9.62 Å². The molecule has 1 aliphatic rings. The third-order valence-electron chi connectivity index (χ3n) is 7.85. The second-order valence-corrected chi connectivity index (χ2v) is 13.2. The summed E-state index contributed by atoms with van der Waals surface area (Å²) in [5, 5.41) is 3.09. The van der Waals surface area contributed by atoms with Gasteiger partial charge in [-0.3, -0.25) is 13.9 Å². The summed E-state index contributed by atoms with van der Waals surface area (Å²) < 4.78 is 79.7. The fourth-order valence-corrected chi connectivity index (χ4v) is 6.51. The van der Waals surface area contributed by atoms with Crippen molar-refractivity contribution in [3.05, 3.63) is 101 Å². The van der Waals surface area contributed by atoms with Gasteiger partial charge in [0.05, 0.1) is 17.5 Å². The molecule has 0 heterocycles. The summed E-state index contributed by atoms with van der Waals surface area (Å²) in [5.41, 5.74) is 0.264. The maximum absolute atomic E-state index is 13.9. The van der Waals surface area contributed by atoms with Gasteiger partial charge in [0, 0.05) is 32.0 Å². The van der Waals surface area contributed by atoms with Gasteiger partial charge in [0.1, 0.15) is 11.9 Å². The Morgan fingerprint density at radius 2 is 1.60 bits per heavy atom. The summed E-state index contributed by atoms with van der Waals surface area (Å²) in [6, 6.07) is 17.9. The van der Waals surface area contributed by atoms with E-state index in [0.29, 0.717) is 5.56 Å². The molecule has 7 nitrogen and oxygen atoms in total. The van der Waals surface area contributed by atoms with E-state index in [1.807, 2.05) is 30.3 Å². The zero-order valence-electron chi connectivity index (χ0n) is 25.0. The van der Waals surface area contributed by atoms with Crippen LogP contribution in [0.3, 0.4) is 0 Å². The van der Waals surface area contributed by atoms with Gasteiger partial charge in [0.2, 0.25) is 21.8 Å². The van der Waals surface area contributed by atoms with Crippen LogP contribution in [-0.4, -0.2) is 50.0 Å². The molecular formula is C33H37F4N3O4S. The van der Waals surface area contributed by atoms with Crippen LogP contribution in [0.1, 0.15) is 55.2 Å². The first-order valence-electron chi connectivity index (χ1n) is 14.8. The fourth-order valence-electron chi connectivity index (χ4n) is 5.55. The largest absolute Gasteiger partial charge is 0.416 e. The van der Waals surface area contributed by atoms with Gasteiger partial charge in [0.25, 0.3) is 0 Å². The predicted octanol–water partition coefficient (Wildman–Crippen LogP) is 6.09. The fraction of sp³-hybridized carbons (Fsp3) is 0.394. The molecule has 1 atom stereocenters. The van der Waals surface area contributed by atoms with E-state index in [9.17, 15) is 35.6 Å². The lowest BCUT2D eigenvalue weighted by molar-refractivity contribution is -0.141. The van der Waals surface area contributed by atoms with Crippen molar-refractivity contribution >= 4 is 27.5 Å². The first-order valence-corrected chi connectivity index (χ1v) is 16.7. The highest BCUT2D eigenvalue weighted by molar-refractivity contribution is 7.92. The minimum Gasteiger partial charge on any atom is -0.352 e. The van der Waals surface area contributed by atoms with Crippen LogP contribution in [0.2, 0.25) is 0 Å². The summed E-state index contributed by atoms with van der Waals surface area (Å²) in [6.07, 6.45) is -0.101. The third kappa shape index (κ3) is 9.78. The lowest BCUT2D eigenvalue weighted by Gasteiger charge is -2.33. The van der Waals surface area contributed by atoms with Crippen molar-refractivity contribution < 1.29 is 35.6 Å². The number of carbonyl (C=O) groups is 2. The van der Waals surface area contributed by atoms with E-state index >= 15 is 0 Å². The molecule has 0 bridgehead atoms. The van der Waals surface area contributed by atoms with Gasteiger partial charge in [-0.25, -0.2) is 12.8 Å². The van der Waals surface area contributed by atoms with Gasteiger partial charge in [0.15, 0.2) is 0 Å². The highest BCUT2D eigenvalue weighted by Gasteiger charge is 2.33. The number of amides is 2. The Morgan fingerprint density at radius 3 is 2.22 bits per heavy atom. The summed E-state index contributed by atoms with van der Waals surface area (Å²) in [6.45, 7) is -0.258. The van der Waals surface area contributed by atoms with Crippen LogP contribution in [0, 0.1) is 5.82 Å². The number of nitrogens with one attached hydrogen (secondary N) is 1. The third-order valence-corrected chi connectivity index (χ3v) is 9.05. The number of rotatable bonds is 13. The summed E-state index contributed by atoms with van der Waals surface area (Å²) in [5.74, 6) is -1.21. The number of alkyl halides is 3. The lowest BCUT2D eigenvalue weighted by Crippen LogP contribution is -2.52. The lowest BCUT2D eigenvalue weighted by atomic mass is 10.0. The van der Waals surface area contributed by atoms with Crippen molar-refractivity contribution in [3.8, 4) is 0 Å². The van der Waals surface area contributed by atoms with E-state index in [2.05, 4.69) is 5.32 Å². The molecule has 0 aliphatic heterocycles. The highest BCUT2D eigenvalue weighted by Crippen LogP contribution is 2.32. The molecule has 0 unspecified atom stereocenters. The second-order valence-electron chi connectivity index (χ2n) is 11.3. The molecule has 1 N–H and O–H groups in total. The molecule has 0 spiro atoms. The highest BCUT2D eigenvalue weighted by atomic mass is 32.2. The number of halogens is 4. The first-order chi connectivity index (χ1) is 21.3. The van der Waals surface area contributed by atoms with Gasteiger partial charge < -0.3 is 10.2 Å². The van der Waals surface area contributed by atoms with Gasteiger partial charge in [-0.2, -0.15) is 13.2 Å². The molecule has 1 saturated carbocycles. The summed E-state index contributed by atoms with van der Waals surface area (Å²) >= 11 is 0. The van der Waals surface area contributed by atoms with Crippen molar-refractivity contribution in [2.24, 2.45) is 0 Å². The maximum atomic E-state index is 13.9. The Kier molecular flexibility index (Phi) is 11.2. The molecule has 242 valence electrons. The topological polar surface area (TPSA) is 86.8 Å². The molecule has 45 heavy (non-hydrogen) atoms. The van der Waals surface area contributed by atoms with Crippen LogP contribution in [0.5, 0.6) is 0 Å². The van der Waals surface area contributed by atoms with Gasteiger partial charge in [-0.1, -0.05) is 61.4 Å². The van der Waals surface area contributed by atoms with Gasteiger partial charge >= 0.3 is 6.18 Å². The molecule has 1 aliphatic carbocycles. The van der Waals surface area contributed by atoms with Gasteiger partial charge in [-0.15, -0.1) is 0 Å². The van der Waals surface area contributed by atoms with E-state index in [0.717, 1.165) is 60.0 Å². The molecule has 4 rings (SSSR count). The minimum absolute atomic E-state index is 0.00187. The van der Waals surface area contributed by atoms with Crippen LogP contribution in [0.4, 0.5) is 23.2 Å². The number of carbonyl (C=O) groups excluding carboxylic acids is 2. The van der Waals surface area contributed by atoms with Crippen LogP contribution in [0.25, 0.3) is 0 Å². The van der Waals surface area contributed by atoms with Gasteiger partial charge in [-0.05, 0) is 60.7 Å². The molecule has 3 aromatic rings. The van der Waals surface area contributed by atoms with E-state index in [-0.39, 0.29) is 50.0 Å². The Hall–Kier alpha value is -3.93. The number of hydrogen-bond donors (Lipinski definition) is 1. The number of hydrogen-bond acceptors (Lipinski definition) is 4. The van der Waals surface area contributed by atoms with Crippen molar-refractivity contribution in [3.63, 3.8) is 0 Å². The van der Waals surface area contributed by atoms with E-state index in [1.54, 1.807) is 0 Å². The quantitative estimate of drug-likeness (QED) is 0.228.